The Morgan fingerprint density at radius 1 is 1.32 bits per heavy atom. The minimum atomic E-state index is -0.950. The molecule has 0 aliphatic heterocycles. The van der Waals surface area contributed by atoms with E-state index >= 15 is 0 Å². The molecule has 1 aromatic heterocycles. The number of para-hydroxylation sites is 1. The normalized spacial score (nSPS) is 15.3. The maximum absolute atomic E-state index is 11.9. The monoisotopic (exact) mass is 299 g/mol. The van der Waals surface area contributed by atoms with Crippen molar-refractivity contribution in [1.82, 2.24) is 15.1 Å². The summed E-state index contributed by atoms with van der Waals surface area (Å²) in [4.78, 5) is 23.0. The Balaban J connectivity index is 1.79. The Hall–Kier alpha value is -2.63. The van der Waals surface area contributed by atoms with Crippen LogP contribution in [-0.4, -0.2) is 26.8 Å². The molecule has 3 rings (SSSR count). The van der Waals surface area contributed by atoms with Gasteiger partial charge in [-0.25, -0.2) is 4.68 Å². The molecule has 1 aliphatic rings. The summed E-state index contributed by atoms with van der Waals surface area (Å²) in [6.07, 6.45) is 4.98. The second-order valence-electron chi connectivity index (χ2n) is 5.49. The molecule has 0 spiro atoms. The minimum absolute atomic E-state index is 0.0421. The number of amides is 1. The molecule has 1 aliphatic carbocycles. The van der Waals surface area contributed by atoms with Crippen molar-refractivity contribution in [2.45, 2.75) is 25.3 Å². The standard InChI is InChI=1S/C16H17N3O3/c20-15(21)8-14(18-16(22)11-6-7-11)12-9-17-19(10-12)13-4-2-1-3-5-13/h1-5,9-11,14H,6-8H2,(H,18,22)(H,20,21). The molecule has 2 N–H and O–H groups in total. The van der Waals surface area contributed by atoms with Crippen LogP contribution in [0.5, 0.6) is 0 Å². The lowest BCUT2D eigenvalue weighted by atomic mass is 10.1. The molecule has 1 fully saturated rings. The SMILES string of the molecule is O=C(O)CC(NC(=O)C1CC1)c1cnn(-c2ccccc2)c1. The molecular weight excluding hydrogens is 282 g/mol. The van der Waals surface area contributed by atoms with E-state index in [-0.39, 0.29) is 18.2 Å². The highest BCUT2D eigenvalue weighted by Crippen LogP contribution is 2.30. The van der Waals surface area contributed by atoms with Gasteiger partial charge in [-0.2, -0.15) is 5.10 Å². The molecule has 1 saturated carbocycles. The number of carboxylic acid groups (broad SMARTS) is 1. The Kier molecular flexibility index (Phi) is 3.91. The van der Waals surface area contributed by atoms with Gasteiger partial charge in [0.15, 0.2) is 0 Å². The average molecular weight is 299 g/mol. The minimum Gasteiger partial charge on any atom is -0.481 e. The summed E-state index contributed by atoms with van der Waals surface area (Å²) in [6.45, 7) is 0. The van der Waals surface area contributed by atoms with E-state index in [1.165, 1.54) is 0 Å². The van der Waals surface area contributed by atoms with Crippen molar-refractivity contribution in [3.05, 3.63) is 48.3 Å². The summed E-state index contributed by atoms with van der Waals surface area (Å²) in [7, 11) is 0. The van der Waals surface area contributed by atoms with Crippen LogP contribution in [0, 0.1) is 5.92 Å². The number of carbonyl (C=O) groups is 2. The molecule has 1 amide bonds. The van der Waals surface area contributed by atoms with E-state index < -0.39 is 12.0 Å². The molecular formula is C16H17N3O3. The maximum atomic E-state index is 11.9. The predicted molar refractivity (Wildman–Crippen MR) is 79.4 cm³/mol. The van der Waals surface area contributed by atoms with Crippen LogP contribution in [0.1, 0.15) is 30.9 Å². The number of aromatic nitrogens is 2. The Labute approximate surface area is 127 Å². The summed E-state index contributed by atoms with van der Waals surface area (Å²) in [5.74, 6) is -0.979. The van der Waals surface area contributed by atoms with Crippen molar-refractivity contribution in [3.63, 3.8) is 0 Å². The molecule has 0 saturated heterocycles. The molecule has 1 atom stereocenters. The average Bonchev–Trinajstić information content (AvgIpc) is 3.24. The molecule has 6 heteroatoms. The lowest BCUT2D eigenvalue weighted by Crippen LogP contribution is -2.31. The van der Waals surface area contributed by atoms with E-state index in [1.54, 1.807) is 17.1 Å². The maximum Gasteiger partial charge on any atom is 0.305 e. The molecule has 114 valence electrons. The number of benzene rings is 1. The fourth-order valence-corrected chi connectivity index (χ4v) is 2.30. The Bertz CT molecular complexity index is 677. The Morgan fingerprint density at radius 3 is 2.68 bits per heavy atom. The molecule has 22 heavy (non-hydrogen) atoms. The van der Waals surface area contributed by atoms with Gasteiger partial charge in [0.05, 0.1) is 24.3 Å². The van der Waals surface area contributed by atoms with Crippen molar-refractivity contribution in [1.29, 1.82) is 0 Å². The molecule has 1 heterocycles. The van der Waals surface area contributed by atoms with Crippen molar-refractivity contribution in [2.24, 2.45) is 5.92 Å². The highest BCUT2D eigenvalue weighted by atomic mass is 16.4. The van der Waals surface area contributed by atoms with Gasteiger partial charge in [0.2, 0.25) is 5.91 Å². The van der Waals surface area contributed by atoms with Gasteiger partial charge < -0.3 is 10.4 Å². The lowest BCUT2D eigenvalue weighted by Gasteiger charge is -2.15. The molecule has 6 nitrogen and oxygen atoms in total. The van der Waals surface area contributed by atoms with Crippen LogP contribution in [0.4, 0.5) is 0 Å². The first-order chi connectivity index (χ1) is 10.6. The highest BCUT2D eigenvalue weighted by molar-refractivity contribution is 5.82. The van der Waals surface area contributed by atoms with Crippen LogP contribution in [0.15, 0.2) is 42.7 Å². The third-order valence-electron chi connectivity index (χ3n) is 3.67. The van der Waals surface area contributed by atoms with Crippen molar-refractivity contribution in [3.8, 4) is 5.69 Å². The van der Waals surface area contributed by atoms with E-state index in [1.807, 2.05) is 30.3 Å². The first-order valence-corrected chi connectivity index (χ1v) is 7.25. The number of carboxylic acids is 1. The van der Waals surface area contributed by atoms with Gasteiger partial charge in [-0.05, 0) is 25.0 Å². The first-order valence-electron chi connectivity index (χ1n) is 7.25. The second-order valence-corrected chi connectivity index (χ2v) is 5.49. The van der Waals surface area contributed by atoms with Gasteiger partial charge >= 0.3 is 5.97 Å². The van der Waals surface area contributed by atoms with Gasteiger partial charge in [0.25, 0.3) is 0 Å². The number of hydrogen-bond donors (Lipinski definition) is 2. The summed E-state index contributed by atoms with van der Waals surface area (Å²) in [5, 5.41) is 16.1. The summed E-state index contributed by atoms with van der Waals surface area (Å²) < 4.78 is 1.67. The number of rotatable bonds is 6. The zero-order valence-corrected chi connectivity index (χ0v) is 12.0. The fraction of sp³-hybridized carbons (Fsp3) is 0.312. The largest absolute Gasteiger partial charge is 0.481 e. The van der Waals surface area contributed by atoms with Gasteiger partial charge in [-0.1, -0.05) is 18.2 Å². The van der Waals surface area contributed by atoms with Gasteiger partial charge in [0.1, 0.15) is 0 Å². The molecule has 0 radical (unpaired) electrons. The van der Waals surface area contributed by atoms with Crippen LogP contribution >= 0.6 is 0 Å². The van der Waals surface area contributed by atoms with Gasteiger partial charge in [-0.3, -0.25) is 9.59 Å². The molecule has 0 bridgehead atoms. The van der Waals surface area contributed by atoms with E-state index in [4.69, 9.17) is 5.11 Å². The van der Waals surface area contributed by atoms with E-state index in [9.17, 15) is 9.59 Å². The molecule has 1 unspecified atom stereocenters. The Morgan fingerprint density at radius 2 is 2.05 bits per heavy atom. The van der Waals surface area contributed by atoms with Crippen LogP contribution in [-0.2, 0) is 9.59 Å². The van der Waals surface area contributed by atoms with Gasteiger partial charge in [-0.15, -0.1) is 0 Å². The number of nitrogens with zero attached hydrogens (tertiary/aromatic N) is 2. The van der Waals surface area contributed by atoms with Crippen LogP contribution in [0.3, 0.4) is 0 Å². The van der Waals surface area contributed by atoms with Crippen molar-refractivity contribution in [2.75, 3.05) is 0 Å². The van der Waals surface area contributed by atoms with Crippen molar-refractivity contribution < 1.29 is 14.7 Å². The number of hydrogen-bond acceptors (Lipinski definition) is 3. The fourth-order valence-electron chi connectivity index (χ4n) is 2.30. The molecule has 1 aromatic carbocycles. The number of nitrogens with one attached hydrogen (secondary N) is 1. The first kappa shape index (κ1) is 14.3. The quantitative estimate of drug-likeness (QED) is 0.853. The topological polar surface area (TPSA) is 84.2 Å². The molecule has 2 aromatic rings. The predicted octanol–water partition coefficient (Wildman–Crippen LogP) is 1.91. The van der Waals surface area contributed by atoms with E-state index in [0.29, 0.717) is 5.56 Å². The number of carbonyl (C=O) groups excluding carboxylic acids is 1. The summed E-state index contributed by atoms with van der Waals surface area (Å²) in [5.41, 5.74) is 1.58. The van der Waals surface area contributed by atoms with E-state index in [0.717, 1.165) is 18.5 Å². The van der Waals surface area contributed by atoms with Crippen molar-refractivity contribution >= 4 is 11.9 Å². The summed E-state index contributed by atoms with van der Waals surface area (Å²) in [6, 6.07) is 8.98. The number of aliphatic carboxylic acids is 1. The van der Waals surface area contributed by atoms with Crippen LogP contribution in [0.25, 0.3) is 5.69 Å². The lowest BCUT2D eigenvalue weighted by molar-refractivity contribution is -0.137. The third-order valence-corrected chi connectivity index (χ3v) is 3.67. The zero-order valence-electron chi connectivity index (χ0n) is 12.0. The highest BCUT2D eigenvalue weighted by Gasteiger charge is 2.32. The van der Waals surface area contributed by atoms with Crippen LogP contribution in [0.2, 0.25) is 0 Å². The van der Waals surface area contributed by atoms with E-state index in [2.05, 4.69) is 10.4 Å². The zero-order chi connectivity index (χ0) is 15.5. The smallest absolute Gasteiger partial charge is 0.305 e. The summed E-state index contributed by atoms with van der Waals surface area (Å²) >= 11 is 0. The second kappa shape index (κ2) is 6.01. The van der Waals surface area contributed by atoms with Crippen LogP contribution < -0.4 is 5.32 Å². The van der Waals surface area contributed by atoms with Gasteiger partial charge in [0, 0.05) is 17.7 Å². The third kappa shape index (κ3) is 3.33.